The summed E-state index contributed by atoms with van der Waals surface area (Å²) in [6.07, 6.45) is -0.423. The molecular weight excluding hydrogens is 457 g/mol. The van der Waals surface area contributed by atoms with Crippen LogP contribution in [0.25, 0.3) is 0 Å². The lowest BCUT2D eigenvalue weighted by molar-refractivity contribution is -0.170. The van der Waals surface area contributed by atoms with Gasteiger partial charge < -0.3 is 24.9 Å². The molecule has 0 saturated carbocycles. The van der Waals surface area contributed by atoms with Gasteiger partial charge in [-0.25, -0.2) is 14.4 Å². The second-order valence-electron chi connectivity index (χ2n) is 8.60. The van der Waals surface area contributed by atoms with Crippen LogP contribution in [0.3, 0.4) is 0 Å². The van der Waals surface area contributed by atoms with Crippen molar-refractivity contribution in [2.75, 3.05) is 19.8 Å². The SMILES string of the molecule is CC(=O)NCC1COC(C2CC(c3cc(C(=O)NCc4ccc(F)c(C)c4)nc(C)n3)=NO2)CO1. The van der Waals surface area contributed by atoms with Crippen molar-refractivity contribution < 1.29 is 28.3 Å². The van der Waals surface area contributed by atoms with E-state index in [2.05, 4.69) is 25.8 Å². The summed E-state index contributed by atoms with van der Waals surface area (Å²) in [4.78, 5) is 38.0. The molecule has 10 nitrogen and oxygen atoms in total. The molecule has 11 heteroatoms. The number of aromatic nitrogens is 2. The normalized spacial score (nSPS) is 21.7. The summed E-state index contributed by atoms with van der Waals surface area (Å²) in [6, 6.07) is 6.27. The largest absolute Gasteiger partial charge is 0.389 e. The third kappa shape index (κ3) is 6.37. The fourth-order valence-corrected chi connectivity index (χ4v) is 3.82. The van der Waals surface area contributed by atoms with E-state index in [1.807, 2.05) is 0 Å². The lowest BCUT2D eigenvalue weighted by Gasteiger charge is -2.31. The molecule has 35 heavy (non-hydrogen) atoms. The van der Waals surface area contributed by atoms with Crippen LogP contribution in [0, 0.1) is 19.7 Å². The number of benzene rings is 1. The molecule has 2 amide bonds. The van der Waals surface area contributed by atoms with Crippen LogP contribution < -0.4 is 10.6 Å². The fraction of sp³-hybridized carbons (Fsp3) is 0.458. The van der Waals surface area contributed by atoms with Gasteiger partial charge in [0, 0.05) is 26.4 Å². The molecule has 0 aliphatic carbocycles. The molecule has 0 radical (unpaired) electrons. The Labute approximate surface area is 202 Å². The van der Waals surface area contributed by atoms with E-state index in [9.17, 15) is 14.0 Å². The van der Waals surface area contributed by atoms with E-state index in [-0.39, 0.29) is 48.2 Å². The number of nitrogens with one attached hydrogen (secondary N) is 2. The molecule has 2 aliphatic rings. The summed E-state index contributed by atoms with van der Waals surface area (Å²) in [5.74, 6) is -0.353. The first-order chi connectivity index (χ1) is 16.8. The van der Waals surface area contributed by atoms with Gasteiger partial charge in [0.25, 0.3) is 5.91 Å². The van der Waals surface area contributed by atoms with E-state index in [0.717, 1.165) is 5.56 Å². The first kappa shape index (κ1) is 24.7. The zero-order chi connectivity index (χ0) is 24.9. The molecule has 1 fully saturated rings. The second-order valence-corrected chi connectivity index (χ2v) is 8.60. The smallest absolute Gasteiger partial charge is 0.270 e. The van der Waals surface area contributed by atoms with Crippen LogP contribution in [0.1, 0.15) is 46.5 Å². The van der Waals surface area contributed by atoms with E-state index >= 15 is 0 Å². The summed E-state index contributed by atoms with van der Waals surface area (Å²) >= 11 is 0. The summed E-state index contributed by atoms with van der Waals surface area (Å²) in [5.41, 5.74) is 2.60. The maximum Gasteiger partial charge on any atom is 0.270 e. The number of carbonyl (C=O) groups excluding carboxylic acids is 2. The fourth-order valence-electron chi connectivity index (χ4n) is 3.82. The van der Waals surface area contributed by atoms with Crippen molar-refractivity contribution in [1.82, 2.24) is 20.6 Å². The molecule has 186 valence electrons. The Kier molecular flexibility index (Phi) is 7.67. The van der Waals surface area contributed by atoms with Crippen LogP contribution in [0.4, 0.5) is 4.39 Å². The highest BCUT2D eigenvalue weighted by atomic mass is 19.1. The Morgan fingerprint density at radius 3 is 2.63 bits per heavy atom. The Balaban J connectivity index is 1.33. The average molecular weight is 486 g/mol. The summed E-state index contributed by atoms with van der Waals surface area (Å²) in [7, 11) is 0. The summed E-state index contributed by atoms with van der Waals surface area (Å²) < 4.78 is 25.1. The minimum atomic E-state index is -0.371. The molecule has 2 aromatic rings. The number of rotatable bonds is 7. The van der Waals surface area contributed by atoms with Gasteiger partial charge in [-0.1, -0.05) is 17.3 Å². The Morgan fingerprint density at radius 1 is 1.09 bits per heavy atom. The Bertz CT molecular complexity index is 1130. The topological polar surface area (TPSA) is 124 Å². The maximum absolute atomic E-state index is 13.5. The number of oxime groups is 1. The van der Waals surface area contributed by atoms with Crippen LogP contribution in [0.2, 0.25) is 0 Å². The van der Waals surface area contributed by atoms with E-state index in [1.165, 1.54) is 13.0 Å². The van der Waals surface area contributed by atoms with Crippen LogP contribution in [-0.2, 0) is 25.7 Å². The lowest BCUT2D eigenvalue weighted by Crippen LogP contribution is -2.46. The Morgan fingerprint density at radius 2 is 1.91 bits per heavy atom. The molecule has 4 rings (SSSR count). The number of halogens is 1. The number of aryl methyl sites for hydroxylation is 2. The standard InChI is InChI=1S/C24H28FN5O5/c1-13-6-16(4-5-18(13)25)9-27-24(32)21-7-19(28-14(2)29-21)20-8-22(35-30-20)23-12-33-17(11-34-23)10-26-15(3)31/h4-7,17,22-23H,8-12H2,1-3H3,(H,26,31)(H,27,32). The molecule has 3 atom stereocenters. The Hall–Kier alpha value is -3.44. The number of nitrogens with zero attached hydrogens (tertiary/aromatic N) is 3. The predicted octanol–water partition coefficient (Wildman–Crippen LogP) is 1.58. The van der Waals surface area contributed by atoms with Gasteiger partial charge in [0.15, 0.2) is 6.10 Å². The van der Waals surface area contributed by atoms with E-state index < -0.39 is 0 Å². The molecular formula is C24H28FN5O5. The van der Waals surface area contributed by atoms with Crippen LogP contribution in [0.15, 0.2) is 29.4 Å². The van der Waals surface area contributed by atoms with Crippen LogP contribution in [0.5, 0.6) is 0 Å². The van der Waals surface area contributed by atoms with Gasteiger partial charge in [0.1, 0.15) is 29.2 Å². The summed E-state index contributed by atoms with van der Waals surface area (Å²) in [5, 5.41) is 9.68. The third-order valence-corrected chi connectivity index (χ3v) is 5.72. The third-order valence-electron chi connectivity index (χ3n) is 5.72. The number of amides is 2. The molecule has 2 N–H and O–H groups in total. The van der Waals surface area contributed by atoms with Gasteiger partial charge in [-0.05, 0) is 37.1 Å². The molecule has 3 heterocycles. The van der Waals surface area contributed by atoms with Crippen molar-refractivity contribution in [3.63, 3.8) is 0 Å². The predicted molar refractivity (Wildman–Crippen MR) is 123 cm³/mol. The second kappa shape index (κ2) is 10.9. The quantitative estimate of drug-likeness (QED) is 0.610. The van der Waals surface area contributed by atoms with Crippen molar-refractivity contribution in [3.05, 3.63) is 58.4 Å². The molecule has 3 unspecified atom stereocenters. The maximum atomic E-state index is 13.5. The van der Waals surface area contributed by atoms with Gasteiger partial charge in [-0.3, -0.25) is 9.59 Å². The molecule has 2 aliphatic heterocycles. The molecule has 1 aromatic carbocycles. The van der Waals surface area contributed by atoms with Gasteiger partial charge in [0.05, 0.1) is 25.0 Å². The number of carbonyl (C=O) groups is 2. The van der Waals surface area contributed by atoms with Crippen LogP contribution in [-0.4, -0.2) is 65.6 Å². The minimum absolute atomic E-state index is 0.119. The van der Waals surface area contributed by atoms with Crippen molar-refractivity contribution in [2.45, 2.75) is 52.0 Å². The highest BCUT2D eigenvalue weighted by molar-refractivity contribution is 6.02. The number of ether oxygens (including phenoxy) is 2. The summed E-state index contributed by atoms with van der Waals surface area (Å²) in [6.45, 7) is 6.11. The van der Waals surface area contributed by atoms with E-state index in [4.69, 9.17) is 14.3 Å². The zero-order valence-electron chi connectivity index (χ0n) is 19.8. The lowest BCUT2D eigenvalue weighted by atomic mass is 10.0. The van der Waals surface area contributed by atoms with Crippen LogP contribution >= 0.6 is 0 Å². The number of hydrogen-bond acceptors (Lipinski definition) is 8. The van der Waals surface area contributed by atoms with Gasteiger partial charge in [-0.2, -0.15) is 0 Å². The first-order valence-electron chi connectivity index (χ1n) is 11.4. The molecule has 0 bridgehead atoms. The highest BCUT2D eigenvalue weighted by Crippen LogP contribution is 2.23. The van der Waals surface area contributed by atoms with Gasteiger partial charge >= 0.3 is 0 Å². The van der Waals surface area contributed by atoms with Crippen molar-refractivity contribution in [3.8, 4) is 0 Å². The van der Waals surface area contributed by atoms with Gasteiger partial charge in [-0.15, -0.1) is 0 Å². The average Bonchev–Trinajstić information content (AvgIpc) is 3.33. The van der Waals surface area contributed by atoms with Crippen molar-refractivity contribution in [1.29, 1.82) is 0 Å². The molecule has 1 saturated heterocycles. The molecule has 1 aromatic heterocycles. The zero-order valence-corrected chi connectivity index (χ0v) is 19.8. The van der Waals surface area contributed by atoms with E-state index in [1.54, 1.807) is 32.0 Å². The van der Waals surface area contributed by atoms with Gasteiger partial charge in [0.2, 0.25) is 5.91 Å². The minimum Gasteiger partial charge on any atom is -0.389 e. The number of hydrogen-bond donors (Lipinski definition) is 2. The monoisotopic (exact) mass is 485 g/mol. The van der Waals surface area contributed by atoms with E-state index in [0.29, 0.717) is 49.0 Å². The van der Waals surface area contributed by atoms with Crippen molar-refractivity contribution >= 4 is 17.5 Å². The molecule has 0 spiro atoms. The highest BCUT2D eigenvalue weighted by Gasteiger charge is 2.35. The van der Waals surface area contributed by atoms with Crippen molar-refractivity contribution in [2.24, 2.45) is 5.16 Å². The first-order valence-corrected chi connectivity index (χ1v) is 11.4.